The van der Waals surface area contributed by atoms with Crippen molar-refractivity contribution in [2.45, 2.75) is 23.8 Å². The molecule has 1 aromatic heterocycles. The Balaban J connectivity index is 1.58. The first-order valence-corrected chi connectivity index (χ1v) is 10.5. The third-order valence-corrected chi connectivity index (χ3v) is 5.45. The van der Waals surface area contributed by atoms with E-state index < -0.39 is 0 Å². The average Bonchev–Trinajstić information content (AvgIpc) is 2.78. The fourth-order valence-electron chi connectivity index (χ4n) is 3.61. The van der Waals surface area contributed by atoms with Crippen LogP contribution in [0.25, 0.3) is 10.9 Å². The van der Waals surface area contributed by atoms with Crippen LogP contribution >= 0.6 is 12.6 Å². The van der Waals surface area contributed by atoms with Gasteiger partial charge in [0.05, 0.1) is 12.6 Å². The van der Waals surface area contributed by atoms with Gasteiger partial charge >= 0.3 is 0 Å². The van der Waals surface area contributed by atoms with Gasteiger partial charge in [-0.25, -0.2) is 9.97 Å². The second-order valence-corrected chi connectivity index (χ2v) is 7.77. The highest BCUT2D eigenvalue weighted by Gasteiger charge is 2.21. The normalized spacial score (nSPS) is 14.7. The van der Waals surface area contributed by atoms with Crippen LogP contribution in [-0.2, 0) is 4.79 Å². The number of methoxy groups -OCH3 is 1. The maximum absolute atomic E-state index is 10.5. The first kappa shape index (κ1) is 21.0. The quantitative estimate of drug-likeness (QED) is 0.326. The van der Waals surface area contributed by atoms with Gasteiger partial charge in [-0.15, -0.1) is 12.6 Å². The molecule has 4 rings (SSSR count). The van der Waals surface area contributed by atoms with Crippen LogP contribution in [0.3, 0.4) is 0 Å². The number of anilines is 2. The van der Waals surface area contributed by atoms with E-state index in [0.29, 0.717) is 17.3 Å². The number of carbonyl (C=O) groups excluding carboxylic acids is 1. The van der Waals surface area contributed by atoms with Crippen molar-refractivity contribution in [3.63, 3.8) is 0 Å². The highest BCUT2D eigenvalue weighted by Crippen LogP contribution is 2.36. The highest BCUT2D eigenvalue weighted by atomic mass is 32.1. The number of likely N-dealkylation sites (tertiary alicyclic amines) is 1. The van der Waals surface area contributed by atoms with E-state index in [1.54, 1.807) is 7.11 Å². The number of allylic oxidation sites excluding steroid dienone is 1. The van der Waals surface area contributed by atoms with E-state index >= 15 is 0 Å². The molecule has 0 radical (unpaired) electrons. The molecule has 0 bridgehead atoms. The van der Waals surface area contributed by atoms with E-state index in [2.05, 4.69) is 32.8 Å². The van der Waals surface area contributed by atoms with Crippen molar-refractivity contribution in [3.05, 3.63) is 55.0 Å². The van der Waals surface area contributed by atoms with Crippen molar-refractivity contribution in [3.8, 4) is 11.5 Å². The SMILES string of the molecule is COc1cc2ncnc(Nc3cccc(S)c3)c2cc1OC1CCN(C=CC=O)CC1. The fraction of sp³-hybridized carbons (Fsp3) is 0.261. The molecule has 160 valence electrons. The number of rotatable bonds is 7. The lowest BCUT2D eigenvalue weighted by Crippen LogP contribution is -2.35. The summed E-state index contributed by atoms with van der Waals surface area (Å²) in [4.78, 5) is 22.3. The number of aldehydes is 1. The van der Waals surface area contributed by atoms with Gasteiger partial charge in [-0.3, -0.25) is 4.79 Å². The van der Waals surface area contributed by atoms with Gasteiger partial charge in [-0.05, 0) is 30.3 Å². The standard InChI is InChI=1S/C23H24N4O3S/c1-29-21-14-20-19(23(25-15-24-20)26-16-4-2-5-18(31)12-16)13-22(21)30-17-6-9-27(10-7-17)8-3-11-28/h2-5,8,11-15,17,31H,6-7,9-10H2,1H3,(H,24,25,26). The second kappa shape index (κ2) is 9.70. The molecule has 1 aliphatic rings. The molecule has 0 aliphatic carbocycles. The molecule has 2 aromatic carbocycles. The lowest BCUT2D eigenvalue weighted by atomic mass is 10.1. The Morgan fingerprint density at radius 1 is 1.16 bits per heavy atom. The number of nitrogens with one attached hydrogen (secondary N) is 1. The van der Waals surface area contributed by atoms with Gasteiger partial charge in [-0.1, -0.05) is 6.07 Å². The Morgan fingerprint density at radius 2 is 2.00 bits per heavy atom. The van der Waals surface area contributed by atoms with Crippen molar-refractivity contribution in [2.75, 3.05) is 25.5 Å². The van der Waals surface area contributed by atoms with Crippen LogP contribution in [0.4, 0.5) is 11.5 Å². The lowest BCUT2D eigenvalue weighted by molar-refractivity contribution is -0.104. The first-order chi connectivity index (χ1) is 15.2. The van der Waals surface area contributed by atoms with Crippen LogP contribution in [0.15, 0.2) is 59.9 Å². The van der Waals surface area contributed by atoms with Gasteiger partial charge in [0.25, 0.3) is 0 Å². The summed E-state index contributed by atoms with van der Waals surface area (Å²) < 4.78 is 11.9. The third-order valence-electron chi connectivity index (χ3n) is 5.18. The molecule has 31 heavy (non-hydrogen) atoms. The molecule has 3 aromatic rings. The van der Waals surface area contributed by atoms with Crippen LogP contribution in [0.2, 0.25) is 0 Å². The van der Waals surface area contributed by atoms with Gasteiger partial charge < -0.3 is 19.7 Å². The number of ether oxygens (including phenoxy) is 2. The predicted molar refractivity (Wildman–Crippen MR) is 123 cm³/mol. The van der Waals surface area contributed by atoms with Crippen LogP contribution < -0.4 is 14.8 Å². The Kier molecular flexibility index (Phi) is 6.57. The smallest absolute Gasteiger partial charge is 0.162 e. The predicted octanol–water partition coefficient (Wildman–Crippen LogP) is 4.23. The lowest BCUT2D eigenvalue weighted by Gasteiger charge is -2.31. The zero-order valence-corrected chi connectivity index (χ0v) is 18.1. The number of fused-ring (bicyclic) bond motifs is 1. The molecule has 7 nitrogen and oxygen atoms in total. The zero-order chi connectivity index (χ0) is 21.6. The van der Waals surface area contributed by atoms with Crippen molar-refractivity contribution in [1.29, 1.82) is 0 Å². The number of nitrogens with zero attached hydrogens (tertiary/aromatic N) is 3. The van der Waals surface area contributed by atoms with Crippen molar-refractivity contribution >= 4 is 41.3 Å². The maximum Gasteiger partial charge on any atom is 0.162 e. The van der Waals surface area contributed by atoms with Crippen molar-refractivity contribution < 1.29 is 14.3 Å². The average molecular weight is 437 g/mol. The Bertz CT molecular complexity index is 1100. The van der Waals surface area contributed by atoms with Crippen LogP contribution in [-0.4, -0.2) is 47.5 Å². The van der Waals surface area contributed by atoms with Gasteiger partial charge in [0.2, 0.25) is 0 Å². The van der Waals surface area contributed by atoms with E-state index in [1.165, 1.54) is 12.4 Å². The summed E-state index contributed by atoms with van der Waals surface area (Å²) in [6, 6.07) is 11.5. The van der Waals surface area contributed by atoms with Crippen molar-refractivity contribution in [1.82, 2.24) is 14.9 Å². The largest absolute Gasteiger partial charge is 0.493 e. The minimum atomic E-state index is 0.0640. The molecule has 2 heterocycles. The fourth-order valence-corrected chi connectivity index (χ4v) is 3.84. The summed E-state index contributed by atoms with van der Waals surface area (Å²) >= 11 is 4.40. The molecule has 0 unspecified atom stereocenters. The summed E-state index contributed by atoms with van der Waals surface area (Å²) in [7, 11) is 1.62. The molecule has 1 aliphatic heterocycles. The second-order valence-electron chi connectivity index (χ2n) is 7.25. The van der Waals surface area contributed by atoms with Crippen LogP contribution in [0.5, 0.6) is 11.5 Å². The van der Waals surface area contributed by atoms with E-state index in [4.69, 9.17) is 9.47 Å². The Hall–Kier alpha value is -3.26. The molecule has 0 saturated carbocycles. The maximum atomic E-state index is 10.5. The van der Waals surface area contributed by atoms with E-state index in [9.17, 15) is 4.79 Å². The van der Waals surface area contributed by atoms with Crippen molar-refractivity contribution in [2.24, 2.45) is 0 Å². The molecule has 0 amide bonds. The van der Waals surface area contributed by atoms with Gasteiger partial charge in [0, 0.05) is 54.2 Å². The highest BCUT2D eigenvalue weighted by molar-refractivity contribution is 7.80. The van der Waals surface area contributed by atoms with Crippen LogP contribution in [0, 0.1) is 0 Å². The number of benzene rings is 2. The monoisotopic (exact) mass is 436 g/mol. The first-order valence-electron chi connectivity index (χ1n) is 10.1. The summed E-state index contributed by atoms with van der Waals surface area (Å²) in [5.41, 5.74) is 1.65. The number of hydrogen-bond donors (Lipinski definition) is 2. The zero-order valence-electron chi connectivity index (χ0n) is 17.2. The number of hydrogen-bond acceptors (Lipinski definition) is 8. The van der Waals surface area contributed by atoms with Gasteiger partial charge in [0.1, 0.15) is 24.5 Å². The van der Waals surface area contributed by atoms with E-state index in [1.807, 2.05) is 42.6 Å². The molecule has 1 N–H and O–H groups in total. The Labute approximate surface area is 186 Å². The minimum absolute atomic E-state index is 0.0640. The summed E-state index contributed by atoms with van der Waals surface area (Å²) in [5.74, 6) is 1.99. The number of carbonyl (C=O) groups is 1. The number of piperidine rings is 1. The summed E-state index contributed by atoms with van der Waals surface area (Å²) in [6.07, 6.45) is 7.44. The molecule has 1 saturated heterocycles. The molecular formula is C23H24N4O3S. The minimum Gasteiger partial charge on any atom is -0.493 e. The molecule has 0 spiro atoms. The third kappa shape index (κ3) is 5.08. The molecule has 1 fully saturated rings. The molecule has 8 heteroatoms. The van der Waals surface area contributed by atoms with Gasteiger partial charge in [0.15, 0.2) is 11.5 Å². The van der Waals surface area contributed by atoms with Gasteiger partial charge in [-0.2, -0.15) is 0 Å². The summed E-state index contributed by atoms with van der Waals surface area (Å²) in [6.45, 7) is 1.67. The van der Waals surface area contributed by atoms with E-state index in [0.717, 1.165) is 53.7 Å². The summed E-state index contributed by atoms with van der Waals surface area (Å²) in [5, 5.41) is 4.18. The Morgan fingerprint density at radius 3 is 2.74 bits per heavy atom. The number of aromatic nitrogens is 2. The molecular weight excluding hydrogens is 412 g/mol. The van der Waals surface area contributed by atoms with Crippen LogP contribution in [0.1, 0.15) is 12.8 Å². The molecule has 0 atom stereocenters. The topological polar surface area (TPSA) is 76.6 Å². The number of thiol groups is 1. The van der Waals surface area contributed by atoms with E-state index in [-0.39, 0.29) is 6.10 Å².